The Hall–Kier alpha value is -0.820. The molecule has 1 saturated heterocycles. The van der Waals surface area contributed by atoms with Crippen LogP contribution in [0.1, 0.15) is 13.8 Å². The molecule has 1 heterocycles. The van der Waals surface area contributed by atoms with Crippen LogP contribution in [0.3, 0.4) is 0 Å². The molecule has 1 unspecified atom stereocenters. The third-order valence-electron chi connectivity index (χ3n) is 1.73. The molecule has 11 heavy (non-hydrogen) atoms. The predicted molar refractivity (Wildman–Crippen MR) is 47.5 cm³/mol. The van der Waals surface area contributed by atoms with Gasteiger partial charge in [0.15, 0.2) is 0 Å². The third kappa shape index (κ3) is 2.72. The molecule has 1 aliphatic rings. The Morgan fingerprint density at radius 3 is 2.73 bits per heavy atom. The molecular formula is C10H14O. The van der Waals surface area contributed by atoms with E-state index in [2.05, 4.69) is 19.6 Å². The van der Waals surface area contributed by atoms with Gasteiger partial charge in [0.25, 0.3) is 0 Å². The summed E-state index contributed by atoms with van der Waals surface area (Å²) in [4.78, 5) is 0. The van der Waals surface area contributed by atoms with Crippen molar-refractivity contribution in [2.24, 2.45) is 0 Å². The summed E-state index contributed by atoms with van der Waals surface area (Å²) in [5.74, 6) is 0. The average molecular weight is 150 g/mol. The Morgan fingerprint density at radius 2 is 2.27 bits per heavy atom. The molecule has 0 spiro atoms. The zero-order chi connectivity index (χ0) is 8.32. The Bertz CT molecular complexity index is 207. The van der Waals surface area contributed by atoms with Crippen molar-refractivity contribution in [3.63, 3.8) is 0 Å². The van der Waals surface area contributed by atoms with Crippen LogP contribution in [0.2, 0.25) is 0 Å². The van der Waals surface area contributed by atoms with Crippen LogP contribution in [0, 0.1) is 0 Å². The van der Waals surface area contributed by atoms with Crippen LogP contribution in [-0.4, -0.2) is 12.2 Å². The molecule has 0 N–H and O–H groups in total. The fraction of sp³-hybridized carbons (Fsp3) is 0.400. The van der Waals surface area contributed by atoms with Gasteiger partial charge in [-0.05, 0) is 13.8 Å². The Labute approximate surface area is 68.1 Å². The third-order valence-corrected chi connectivity index (χ3v) is 1.73. The number of ether oxygens (including phenoxy) is 1. The van der Waals surface area contributed by atoms with E-state index < -0.39 is 0 Å². The lowest BCUT2D eigenvalue weighted by molar-refractivity contribution is 0.370. The largest absolute Gasteiger partial charge is 0.365 e. The lowest BCUT2D eigenvalue weighted by Gasteiger charge is -1.91. The van der Waals surface area contributed by atoms with E-state index in [4.69, 9.17) is 4.74 Å². The van der Waals surface area contributed by atoms with Crippen molar-refractivity contribution < 1.29 is 4.74 Å². The van der Waals surface area contributed by atoms with Gasteiger partial charge in [0, 0.05) is 0 Å². The van der Waals surface area contributed by atoms with Crippen molar-refractivity contribution in [1.29, 1.82) is 0 Å². The molecule has 60 valence electrons. The molecule has 0 aliphatic carbocycles. The maximum atomic E-state index is 5.17. The van der Waals surface area contributed by atoms with Crippen LogP contribution in [0.5, 0.6) is 0 Å². The number of rotatable bonds is 3. The molecule has 0 aromatic rings. The number of hydrogen-bond acceptors (Lipinski definition) is 1. The highest BCUT2D eigenvalue weighted by molar-refractivity contribution is 5.22. The first kappa shape index (κ1) is 8.28. The van der Waals surface area contributed by atoms with Crippen LogP contribution in [0.25, 0.3) is 0 Å². The van der Waals surface area contributed by atoms with Gasteiger partial charge in [0.2, 0.25) is 0 Å². The van der Waals surface area contributed by atoms with E-state index in [9.17, 15) is 0 Å². The van der Waals surface area contributed by atoms with Crippen molar-refractivity contribution in [2.75, 3.05) is 6.61 Å². The van der Waals surface area contributed by atoms with Gasteiger partial charge in [0.1, 0.15) is 5.60 Å². The lowest BCUT2D eigenvalue weighted by atomic mass is 10.2. The fourth-order valence-electron chi connectivity index (χ4n) is 0.682. The molecule has 0 aromatic heterocycles. The summed E-state index contributed by atoms with van der Waals surface area (Å²) in [6.07, 6.45) is 7.95. The molecule has 0 amide bonds. The molecule has 0 bridgehead atoms. The first-order chi connectivity index (χ1) is 5.16. The normalized spacial score (nSPS) is 30.9. The molecule has 1 fully saturated rings. The van der Waals surface area contributed by atoms with Gasteiger partial charge in [-0.2, -0.15) is 0 Å². The van der Waals surface area contributed by atoms with E-state index in [-0.39, 0.29) is 5.60 Å². The van der Waals surface area contributed by atoms with Crippen molar-refractivity contribution >= 4 is 0 Å². The maximum absolute atomic E-state index is 5.17. The van der Waals surface area contributed by atoms with E-state index in [1.807, 2.05) is 25.2 Å². The Balaban J connectivity index is 2.42. The predicted octanol–water partition coefficient (Wildman–Crippen LogP) is 2.46. The van der Waals surface area contributed by atoms with Crippen molar-refractivity contribution in [2.45, 2.75) is 19.4 Å². The highest BCUT2D eigenvalue weighted by atomic mass is 16.6. The minimum Gasteiger partial charge on any atom is -0.365 e. The second-order valence-corrected chi connectivity index (χ2v) is 3.08. The molecule has 0 radical (unpaired) electrons. The van der Waals surface area contributed by atoms with Gasteiger partial charge in [-0.25, -0.2) is 0 Å². The summed E-state index contributed by atoms with van der Waals surface area (Å²) in [7, 11) is 0. The summed E-state index contributed by atoms with van der Waals surface area (Å²) in [6, 6.07) is 0. The van der Waals surface area contributed by atoms with Gasteiger partial charge >= 0.3 is 0 Å². The number of hydrogen-bond donors (Lipinski definition) is 0. The first-order valence-corrected chi connectivity index (χ1v) is 3.79. The van der Waals surface area contributed by atoms with Gasteiger partial charge < -0.3 is 4.74 Å². The topological polar surface area (TPSA) is 12.5 Å². The van der Waals surface area contributed by atoms with E-state index in [0.717, 1.165) is 6.61 Å². The van der Waals surface area contributed by atoms with Crippen LogP contribution in [-0.2, 0) is 4.74 Å². The Morgan fingerprint density at radius 1 is 1.64 bits per heavy atom. The molecule has 0 saturated carbocycles. The summed E-state index contributed by atoms with van der Waals surface area (Å²) in [5, 5.41) is 0. The second-order valence-electron chi connectivity index (χ2n) is 3.08. The molecular weight excluding hydrogens is 136 g/mol. The fourth-order valence-corrected chi connectivity index (χ4v) is 0.682. The molecule has 0 aromatic carbocycles. The van der Waals surface area contributed by atoms with Crippen molar-refractivity contribution in [3.05, 3.63) is 36.5 Å². The van der Waals surface area contributed by atoms with Gasteiger partial charge in [-0.1, -0.05) is 36.5 Å². The standard InChI is InChI=1S/C10H14O/c1-4-9(2)6-5-7-10(3)8-11-10/h4-7H,1,8H2,2-3H3/b7-5+,9-6+. The van der Waals surface area contributed by atoms with Gasteiger partial charge in [0.05, 0.1) is 6.61 Å². The maximum Gasteiger partial charge on any atom is 0.107 e. The Kier molecular flexibility index (Phi) is 2.30. The van der Waals surface area contributed by atoms with Gasteiger partial charge in [-0.3, -0.25) is 0 Å². The quantitative estimate of drug-likeness (QED) is 0.444. The minimum atomic E-state index is 0.0257. The number of allylic oxidation sites excluding steroid dienone is 4. The summed E-state index contributed by atoms with van der Waals surface area (Å²) >= 11 is 0. The minimum absolute atomic E-state index is 0.0257. The second kappa shape index (κ2) is 3.05. The molecule has 1 atom stereocenters. The monoisotopic (exact) mass is 150 g/mol. The first-order valence-electron chi connectivity index (χ1n) is 3.79. The van der Waals surface area contributed by atoms with Gasteiger partial charge in [-0.15, -0.1) is 0 Å². The summed E-state index contributed by atoms with van der Waals surface area (Å²) < 4.78 is 5.17. The zero-order valence-electron chi connectivity index (χ0n) is 7.13. The molecule has 1 aliphatic heterocycles. The lowest BCUT2D eigenvalue weighted by Crippen LogP contribution is -1.95. The van der Waals surface area contributed by atoms with E-state index in [1.165, 1.54) is 5.57 Å². The van der Waals surface area contributed by atoms with Crippen LogP contribution in [0.15, 0.2) is 36.5 Å². The molecule has 1 rings (SSSR count). The van der Waals surface area contributed by atoms with E-state index in [0.29, 0.717) is 0 Å². The molecule has 1 heteroatoms. The number of epoxide rings is 1. The highest BCUT2D eigenvalue weighted by Crippen LogP contribution is 2.27. The average Bonchev–Trinajstić information content (AvgIpc) is 2.68. The van der Waals surface area contributed by atoms with Crippen molar-refractivity contribution in [3.8, 4) is 0 Å². The van der Waals surface area contributed by atoms with Crippen LogP contribution >= 0.6 is 0 Å². The van der Waals surface area contributed by atoms with Crippen molar-refractivity contribution in [1.82, 2.24) is 0 Å². The van der Waals surface area contributed by atoms with Crippen LogP contribution < -0.4 is 0 Å². The van der Waals surface area contributed by atoms with E-state index in [1.54, 1.807) is 0 Å². The zero-order valence-corrected chi connectivity index (χ0v) is 7.13. The smallest absolute Gasteiger partial charge is 0.107 e. The summed E-state index contributed by atoms with van der Waals surface area (Å²) in [6.45, 7) is 8.60. The summed E-state index contributed by atoms with van der Waals surface area (Å²) in [5.41, 5.74) is 1.20. The highest BCUT2D eigenvalue weighted by Gasteiger charge is 2.35. The molecule has 1 nitrogen and oxygen atoms in total. The SMILES string of the molecule is C=C/C(C)=C/C=C/C1(C)CO1. The van der Waals surface area contributed by atoms with Crippen LogP contribution in [0.4, 0.5) is 0 Å². The van der Waals surface area contributed by atoms with E-state index >= 15 is 0 Å².